The molecule has 0 saturated heterocycles. The lowest BCUT2D eigenvalue weighted by Crippen LogP contribution is -2.48. The molecule has 2 rings (SSSR count). The van der Waals surface area contributed by atoms with Crippen molar-refractivity contribution in [2.45, 2.75) is 129 Å². The number of carbonyl (C=O) groups excluding carboxylic acids is 1. The molecule has 1 unspecified atom stereocenters. The van der Waals surface area contributed by atoms with E-state index in [0.717, 1.165) is 19.3 Å². The summed E-state index contributed by atoms with van der Waals surface area (Å²) in [5.41, 5.74) is -0.465. The van der Waals surface area contributed by atoms with E-state index in [0.29, 0.717) is 30.7 Å². The first-order valence-electron chi connectivity index (χ1n) is 12.9. The third-order valence-corrected chi connectivity index (χ3v) is 6.79. The van der Waals surface area contributed by atoms with Crippen molar-refractivity contribution in [1.29, 1.82) is 0 Å². The minimum atomic E-state index is -0.771. The van der Waals surface area contributed by atoms with Gasteiger partial charge in [0, 0.05) is 6.04 Å². The number of nitrogens with one attached hydrogen (secondary N) is 1. The van der Waals surface area contributed by atoms with E-state index < -0.39 is 17.8 Å². The molecule has 5 nitrogen and oxygen atoms in total. The molecule has 0 heterocycles. The van der Waals surface area contributed by atoms with Gasteiger partial charge in [-0.05, 0) is 70.8 Å². The summed E-state index contributed by atoms with van der Waals surface area (Å²) in [5, 5.41) is 25.1. The number of ether oxygens (including phenoxy) is 1. The van der Waals surface area contributed by atoms with E-state index in [2.05, 4.69) is 19.2 Å². The molecule has 0 amide bonds. The molecular weight excluding hydrogens is 390 g/mol. The van der Waals surface area contributed by atoms with E-state index in [1.807, 2.05) is 20.8 Å². The van der Waals surface area contributed by atoms with Crippen molar-refractivity contribution in [2.24, 2.45) is 23.7 Å². The standard InChI is InChI=1S/C26H49NO4/c1-18(2)15-23(28)24(29)22(17-19-9-7-6-8-10-19)27-14-13-21(16-20-11-12-20)25(30)31-26(3,4)5/h18-24,27-29H,6-17H2,1-5H3/t21?,22-,23-,24+/m0/s1. The Morgan fingerprint density at radius 2 is 1.61 bits per heavy atom. The number of aliphatic hydroxyl groups excluding tert-OH is 2. The zero-order valence-corrected chi connectivity index (χ0v) is 20.7. The predicted molar refractivity (Wildman–Crippen MR) is 126 cm³/mol. The number of esters is 1. The van der Waals surface area contributed by atoms with Crippen LogP contribution in [-0.2, 0) is 9.53 Å². The Bertz CT molecular complexity index is 520. The van der Waals surface area contributed by atoms with Gasteiger partial charge in [0.25, 0.3) is 0 Å². The van der Waals surface area contributed by atoms with Crippen molar-refractivity contribution < 1.29 is 19.7 Å². The van der Waals surface area contributed by atoms with Gasteiger partial charge in [0.15, 0.2) is 0 Å². The zero-order chi connectivity index (χ0) is 23.0. The van der Waals surface area contributed by atoms with Crippen LogP contribution in [0.25, 0.3) is 0 Å². The Hall–Kier alpha value is -0.650. The quantitative estimate of drug-likeness (QED) is 0.358. The Morgan fingerprint density at radius 3 is 2.16 bits per heavy atom. The van der Waals surface area contributed by atoms with Crippen LogP contribution in [0.3, 0.4) is 0 Å². The van der Waals surface area contributed by atoms with Gasteiger partial charge in [-0.3, -0.25) is 4.79 Å². The lowest BCUT2D eigenvalue weighted by Gasteiger charge is -2.33. The second-order valence-corrected chi connectivity index (χ2v) is 11.7. The summed E-state index contributed by atoms with van der Waals surface area (Å²) in [6, 6.07) is -0.128. The number of rotatable bonds is 13. The molecule has 5 heteroatoms. The topological polar surface area (TPSA) is 78.8 Å². The molecule has 0 radical (unpaired) electrons. The Kier molecular flexibility index (Phi) is 10.8. The van der Waals surface area contributed by atoms with Crippen molar-refractivity contribution in [3.63, 3.8) is 0 Å². The maximum Gasteiger partial charge on any atom is 0.309 e. The minimum Gasteiger partial charge on any atom is -0.460 e. The second kappa shape index (κ2) is 12.6. The van der Waals surface area contributed by atoms with Crippen LogP contribution in [-0.4, -0.2) is 46.6 Å². The van der Waals surface area contributed by atoms with Crippen LogP contribution in [0, 0.1) is 23.7 Å². The molecule has 2 saturated carbocycles. The minimum absolute atomic E-state index is 0.0905. The van der Waals surface area contributed by atoms with Gasteiger partial charge in [-0.25, -0.2) is 0 Å². The first kappa shape index (κ1) is 26.6. The molecule has 0 aliphatic heterocycles. The van der Waals surface area contributed by atoms with Crippen LogP contribution in [0.5, 0.6) is 0 Å². The first-order valence-corrected chi connectivity index (χ1v) is 12.9. The van der Waals surface area contributed by atoms with Gasteiger partial charge < -0.3 is 20.3 Å². The highest BCUT2D eigenvalue weighted by Crippen LogP contribution is 2.37. The van der Waals surface area contributed by atoms with E-state index in [1.165, 1.54) is 44.9 Å². The fourth-order valence-electron chi connectivity index (χ4n) is 4.93. The van der Waals surface area contributed by atoms with Gasteiger partial charge in [0.2, 0.25) is 0 Å². The van der Waals surface area contributed by atoms with E-state index in [-0.39, 0.29) is 17.9 Å². The van der Waals surface area contributed by atoms with E-state index in [1.54, 1.807) is 0 Å². The summed E-state index contributed by atoms with van der Waals surface area (Å²) in [7, 11) is 0. The molecule has 0 aromatic rings. The van der Waals surface area contributed by atoms with Gasteiger partial charge in [-0.2, -0.15) is 0 Å². The SMILES string of the molecule is CC(C)C[C@H](O)[C@H](O)[C@H](CC1CCCCC1)NCCC(CC1CC1)C(=O)OC(C)(C)C. The fourth-order valence-corrected chi connectivity index (χ4v) is 4.93. The van der Waals surface area contributed by atoms with Crippen molar-refractivity contribution in [3.8, 4) is 0 Å². The summed E-state index contributed by atoms with van der Waals surface area (Å²) in [4.78, 5) is 12.7. The van der Waals surface area contributed by atoms with Gasteiger partial charge in [0.05, 0.1) is 18.1 Å². The van der Waals surface area contributed by atoms with Crippen molar-refractivity contribution >= 4 is 5.97 Å². The lowest BCUT2D eigenvalue weighted by molar-refractivity contribution is -0.160. The van der Waals surface area contributed by atoms with Crippen molar-refractivity contribution in [2.75, 3.05) is 6.54 Å². The zero-order valence-electron chi connectivity index (χ0n) is 20.7. The Balaban J connectivity index is 1.94. The molecule has 182 valence electrons. The van der Waals surface area contributed by atoms with E-state index in [4.69, 9.17) is 4.74 Å². The van der Waals surface area contributed by atoms with Gasteiger partial charge in [-0.15, -0.1) is 0 Å². The molecular formula is C26H49NO4. The molecule has 4 atom stereocenters. The summed E-state index contributed by atoms with van der Waals surface area (Å²) in [6.07, 6.45) is 10.4. The third-order valence-electron chi connectivity index (χ3n) is 6.79. The highest BCUT2D eigenvalue weighted by atomic mass is 16.6. The molecule has 31 heavy (non-hydrogen) atoms. The maximum absolute atomic E-state index is 12.7. The summed E-state index contributed by atoms with van der Waals surface area (Å²) < 4.78 is 5.68. The van der Waals surface area contributed by atoms with Crippen LogP contribution in [0.1, 0.15) is 105 Å². The van der Waals surface area contributed by atoms with Crippen molar-refractivity contribution in [1.82, 2.24) is 5.32 Å². The number of aliphatic hydroxyl groups is 2. The maximum atomic E-state index is 12.7. The molecule has 2 aliphatic rings. The van der Waals surface area contributed by atoms with Crippen LogP contribution in [0.4, 0.5) is 0 Å². The van der Waals surface area contributed by atoms with Crippen molar-refractivity contribution in [3.05, 3.63) is 0 Å². The molecule has 3 N–H and O–H groups in total. The number of carbonyl (C=O) groups is 1. The molecule has 0 aromatic heterocycles. The first-order chi connectivity index (χ1) is 14.5. The van der Waals surface area contributed by atoms with E-state index in [9.17, 15) is 15.0 Å². The van der Waals surface area contributed by atoms with Gasteiger partial charge >= 0.3 is 5.97 Å². The van der Waals surface area contributed by atoms with E-state index >= 15 is 0 Å². The smallest absolute Gasteiger partial charge is 0.309 e. The summed E-state index contributed by atoms with van der Waals surface area (Å²) in [6.45, 7) is 10.6. The normalized spacial score (nSPS) is 22.2. The summed E-state index contributed by atoms with van der Waals surface area (Å²) in [5.74, 6) is 1.43. The predicted octanol–water partition coefficient (Wildman–Crippen LogP) is 4.83. The highest BCUT2D eigenvalue weighted by Gasteiger charge is 2.33. The average molecular weight is 440 g/mol. The lowest BCUT2D eigenvalue weighted by atomic mass is 9.82. The Morgan fingerprint density at radius 1 is 1.00 bits per heavy atom. The monoisotopic (exact) mass is 439 g/mol. The molecule has 2 aliphatic carbocycles. The number of hydrogen-bond donors (Lipinski definition) is 3. The second-order valence-electron chi connectivity index (χ2n) is 11.7. The van der Waals surface area contributed by atoms with Crippen LogP contribution in [0.2, 0.25) is 0 Å². The largest absolute Gasteiger partial charge is 0.460 e. The fraction of sp³-hybridized carbons (Fsp3) is 0.962. The third kappa shape index (κ3) is 10.7. The molecule has 0 spiro atoms. The summed E-state index contributed by atoms with van der Waals surface area (Å²) >= 11 is 0. The molecule has 0 bridgehead atoms. The average Bonchev–Trinajstić information content (AvgIpc) is 3.48. The Labute approximate surface area is 190 Å². The highest BCUT2D eigenvalue weighted by molar-refractivity contribution is 5.73. The van der Waals surface area contributed by atoms with Gasteiger partial charge in [0.1, 0.15) is 5.60 Å². The van der Waals surface area contributed by atoms with Crippen LogP contribution in [0.15, 0.2) is 0 Å². The van der Waals surface area contributed by atoms with Gasteiger partial charge in [-0.1, -0.05) is 58.8 Å². The van der Waals surface area contributed by atoms with Crippen LogP contribution < -0.4 is 5.32 Å². The van der Waals surface area contributed by atoms with Crippen LogP contribution >= 0.6 is 0 Å². The molecule has 0 aromatic carbocycles. The number of hydrogen-bond acceptors (Lipinski definition) is 5. The molecule has 2 fully saturated rings.